The van der Waals surface area contributed by atoms with Crippen molar-refractivity contribution < 1.29 is 44.2 Å². The fraction of sp³-hybridized carbons (Fsp3) is 0.350. The Morgan fingerprint density at radius 2 is 1.95 bits per heavy atom. The van der Waals surface area contributed by atoms with Crippen molar-refractivity contribution in [2.24, 2.45) is 0 Å². The first kappa shape index (κ1) is 28.5. The number of amides is 3. The van der Waals surface area contributed by atoms with Crippen molar-refractivity contribution in [2.45, 2.75) is 26.1 Å². The van der Waals surface area contributed by atoms with Gasteiger partial charge in [-0.2, -0.15) is 31.4 Å². The number of nitrogens with one attached hydrogen (secondary N) is 1. The molecule has 0 saturated carbocycles. The molecule has 1 N–H and O–H groups in total. The highest BCUT2D eigenvalue weighted by atomic mass is 35.5. The van der Waals surface area contributed by atoms with E-state index in [0.29, 0.717) is 21.9 Å². The number of aryl methyl sites for hydroxylation is 1. The lowest BCUT2D eigenvalue weighted by molar-refractivity contribution is -0.137. The lowest BCUT2D eigenvalue weighted by atomic mass is 10.1. The number of pyridine rings is 1. The minimum absolute atomic E-state index is 0.127. The highest BCUT2D eigenvalue weighted by Crippen LogP contribution is 2.35. The third-order valence-corrected chi connectivity index (χ3v) is 6.45. The molecule has 0 aliphatic carbocycles. The average Bonchev–Trinajstić information content (AvgIpc) is 3.10. The van der Waals surface area contributed by atoms with Crippen molar-refractivity contribution >= 4 is 45.3 Å². The molecule has 2 aromatic rings. The van der Waals surface area contributed by atoms with E-state index in [1.165, 1.54) is 13.8 Å². The van der Waals surface area contributed by atoms with E-state index in [2.05, 4.69) is 4.98 Å². The molecule has 202 valence electrons. The molecule has 10 nitrogen and oxygen atoms in total. The number of rotatable bonds is 7. The van der Waals surface area contributed by atoms with Gasteiger partial charge in [0.1, 0.15) is 22.7 Å². The van der Waals surface area contributed by atoms with E-state index < -0.39 is 74.7 Å². The number of carbonyl (C=O) groups is 2. The van der Waals surface area contributed by atoms with Crippen molar-refractivity contribution in [3.8, 4) is 0 Å². The Labute approximate surface area is 212 Å². The van der Waals surface area contributed by atoms with Crippen LogP contribution in [0.3, 0.4) is 0 Å². The van der Waals surface area contributed by atoms with Crippen LogP contribution in [-0.2, 0) is 25.6 Å². The van der Waals surface area contributed by atoms with Crippen molar-refractivity contribution in [2.75, 3.05) is 29.9 Å². The number of hydrogen-bond donors (Lipinski definition) is 1. The highest BCUT2D eigenvalue weighted by Gasteiger charge is 2.47. The fourth-order valence-corrected chi connectivity index (χ4v) is 4.38. The molecule has 2 heterocycles. The van der Waals surface area contributed by atoms with Gasteiger partial charge < -0.3 is 4.90 Å². The topological polar surface area (TPSA) is 112 Å². The van der Waals surface area contributed by atoms with E-state index in [1.54, 1.807) is 0 Å². The number of hydrogen-bond acceptors (Lipinski definition) is 6. The van der Waals surface area contributed by atoms with Crippen LogP contribution in [-0.4, -0.2) is 56.6 Å². The van der Waals surface area contributed by atoms with Gasteiger partial charge in [0.05, 0.1) is 17.8 Å². The summed E-state index contributed by atoms with van der Waals surface area (Å²) in [6.07, 6.45) is -4.85. The van der Waals surface area contributed by atoms with Gasteiger partial charge in [0.2, 0.25) is 0 Å². The van der Waals surface area contributed by atoms with Crippen molar-refractivity contribution in [3.63, 3.8) is 0 Å². The minimum Gasteiger partial charge on any atom is -0.311 e. The number of carbonyl (C=O) groups excluding carboxylic acids is 2. The molecule has 17 heteroatoms. The quantitative estimate of drug-likeness (QED) is 0.403. The van der Waals surface area contributed by atoms with Crippen LogP contribution >= 0.6 is 11.6 Å². The molecule has 0 unspecified atom stereocenters. The summed E-state index contributed by atoms with van der Waals surface area (Å²) < 4.78 is 99.2. The molecular weight excluding hydrogens is 553 g/mol. The van der Waals surface area contributed by atoms with Crippen molar-refractivity contribution in [3.05, 3.63) is 52.2 Å². The van der Waals surface area contributed by atoms with Gasteiger partial charge in [0, 0.05) is 19.3 Å². The molecule has 37 heavy (non-hydrogen) atoms. The Hall–Kier alpha value is -3.08. The summed E-state index contributed by atoms with van der Waals surface area (Å²) in [5, 5.41) is -0.687. The van der Waals surface area contributed by atoms with Gasteiger partial charge in [-0.15, -0.1) is 4.28 Å². The van der Waals surface area contributed by atoms with E-state index >= 15 is 0 Å². The Bertz CT molecular complexity index is 1340. The van der Waals surface area contributed by atoms with Crippen LogP contribution in [0.5, 0.6) is 0 Å². The van der Waals surface area contributed by atoms with E-state index in [4.69, 9.17) is 15.9 Å². The molecule has 3 rings (SSSR count). The minimum atomic E-state index is -4.85. The zero-order valence-corrected chi connectivity index (χ0v) is 20.9. The maximum atomic E-state index is 14.6. The molecule has 3 amide bonds. The van der Waals surface area contributed by atoms with Crippen LogP contribution in [0.15, 0.2) is 24.3 Å². The van der Waals surface area contributed by atoms with Gasteiger partial charge in [-0.1, -0.05) is 18.5 Å². The van der Waals surface area contributed by atoms with Crippen molar-refractivity contribution in [1.29, 1.82) is 0 Å². The highest BCUT2D eigenvalue weighted by molar-refractivity contribution is 7.84. The predicted molar refractivity (Wildman–Crippen MR) is 121 cm³/mol. The van der Waals surface area contributed by atoms with Gasteiger partial charge in [0.15, 0.2) is 5.82 Å². The number of benzene rings is 1. The summed E-state index contributed by atoms with van der Waals surface area (Å²) in [5.41, 5.74) is -1.89. The fourth-order valence-electron chi connectivity index (χ4n) is 3.46. The lowest BCUT2D eigenvalue weighted by Crippen LogP contribution is -2.47. The molecule has 1 aliphatic heterocycles. The molecular formula is C20H19ClF5N5O5S. The number of hydroxylamine groups is 2. The van der Waals surface area contributed by atoms with Crippen LogP contribution in [0, 0.1) is 18.6 Å². The lowest BCUT2D eigenvalue weighted by Gasteiger charge is -2.27. The Balaban J connectivity index is 2.09. The molecule has 1 aromatic heterocycles. The SMILES string of the molecule is CCNS(=O)(=O)ON1C[C@@H](C(=O)N(C)c2ccc(F)c(Cl)c2F)N(c2cc(C(F)(F)F)cc(C)n2)C1=O. The molecule has 0 radical (unpaired) electrons. The first-order valence-electron chi connectivity index (χ1n) is 10.3. The van der Waals surface area contributed by atoms with E-state index in [1.807, 2.05) is 4.72 Å². The number of urea groups is 1. The summed E-state index contributed by atoms with van der Waals surface area (Å²) in [5.74, 6) is -4.17. The van der Waals surface area contributed by atoms with Crippen LogP contribution < -0.4 is 14.5 Å². The van der Waals surface area contributed by atoms with Crippen LogP contribution in [0.1, 0.15) is 18.2 Å². The second kappa shape index (κ2) is 10.4. The second-order valence-electron chi connectivity index (χ2n) is 7.70. The monoisotopic (exact) mass is 571 g/mol. The standard InChI is InChI=1S/C20H19ClF5N5O5S/c1-4-27-37(34,35)36-30-9-14(18(32)29(3)13-6-5-12(22)16(21)17(13)23)31(19(30)33)15-8-11(20(24,25)26)7-10(2)28-15/h5-8,14,27H,4,9H2,1-3H3/t14-/m0/s1. The largest absolute Gasteiger partial charge is 0.416 e. The Morgan fingerprint density at radius 3 is 2.54 bits per heavy atom. The number of aromatic nitrogens is 1. The molecule has 0 spiro atoms. The molecule has 1 saturated heterocycles. The summed E-state index contributed by atoms with van der Waals surface area (Å²) in [4.78, 5) is 31.5. The molecule has 1 atom stereocenters. The van der Waals surface area contributed by atoms with Gasteiger partial charge in [0.25, 0.3) is 5.91 Å². The summed E-state index contributed by atoms with van der Waals surface area (Å²) in [6, 6.07) is -0.232. The number of nitrogens with zero attached hydrogens (tertiary/aromatic N) is 4. The number of alkyl halides is 3. The summed E-state index contributed by atoms with van der Waals surface area (Å²) in [6.45, 7) is 1.69. The van der Waals surface area contributed by atoms with Gasteiger partial charge in [-0.25, -0.2) is 18.6 Å². The molecule has 1 aliphatic rings. The smallest absolute Gasteiger partial charge is 0.311 e. The summed E-state index contributed by atoms with van der Waals surface area (Å²) >= 11 is 5.57. The predicted octanol–water partition coefficient (Wildman–Crippen LogP) is 3.40. The third-order valence-electron chi connectivity index (χ3n) is 5.08. The molecule has 0 bridgehead atoms. The maximum absolute atomic E-state index is 14.6. The van der Waals surface area contributed by atoms with E-state index in [-0.39, 0.29) is 17.3 Å². The first-order valence-corrected chi connectivity index (χ1v) is 12.1. The molecule has 1 fully saturated rings. The number of likely N-dealkylation sites (N-methyl/N-ethyl adjacent to an activating group) is 1. The van der Waals surface area contributed by atoms with Crippen LogP contribution in [0.25, 0.3) is 0 Å². The second-order valence-corrected chi connectivity index (χ2v) is 9.42. The number of halogens is 6. The number of anilines is 2. The van der Waals surface area contributed by atoms with Crippen LogP contribution in [0.2, 0.25) is 5.02 Å². The Morgan fingerprint density at radius 1 is 1.30 bits per heavy atom. The zero-order valence-electron chi connectivity index (χ0n) is 19.3. The third kappa shape index (κ3) is 5.92. The maximum Gasteiger partial charge on any atom is 0.416 e. The Kier molecular flexibility index (Phi) is 7.97. The van der Waals surface area contributed by atoms with Gasteiger partial charge >= 0.3 is 22.5 Å². The van der Waals surface area contributed by atoms with Crippen LogP contribution in [0.4, 0.5) is 38.3 Å². The van der Waals surface area contributed by atoms with Crippen molar-refractivity contribution in [1.82, 2.24) is 14.8 Å². The first-order chi connectivity index (χ1) is 17.1. The molecule has 1 aromatic carbocycles. The van der Waals surface area contributed by atoms with Gasteiger partial charge in [-0.3, -0.25) is 9.69 Å². The zero-order chi connectivity index (χ0) is 27.9. The summed E-state index contributed by atoms with van der Waals surface area (Å²) in [7, 11) is -3.50. The van der Waals surface area contributed by atoms with Gasteiger partial charge in [-0.05, 0) is 31.2 Å². The van der Waals surface area contributed by atoms with E-state index in [9.17, 15) is 40.0 Å². The average molecular weight is 572 g/mol. The normalized spacial score (nSPS) is 16.5. The van der Waals surface area contributed by atoms with E-state index in [0.717, 1.165) is 19.2 Å².